The first kappa shape index (κ1) is 27.3. The maximum Gasteiger partial charge on any atom is 0.483 e. The third kappa shape index (κ3) is 6.07. The number of nitrogens with one attached hydrogen (secondary N) is 1. The molecule has 1 aromatic rings. The summed E-state index contributed by atoms with van der Waals surface area (Å²) in [4.78, 5) is 44.4. The van der Waals surface area contributed by atoms with Crippen LogP contribution in [0.1, 0.15) is 12.6 Å². The summed E-state index contributed by atoms with van der Waals surface area (Å²) in [6.45, 7) is -0.462. The molecule has 194 valence electrons. The lowest BCUT2D eigenvalue weighted by atomic mass is 10.1. The van der Waals surface area contributed by atoms with E-state index in [2.05, 4.69) is 13.4 Å². The third-order valence-electron chi connectivity index (χ3n) is 4.73. The predicted molar refractivity (Wildman–Crippen MR) is 103 cm³/mol. The van der Waals surface area contributed by atoms with Gasteiger partial charge in [-0.3, -0.25) is 23.4 Å². The van der Waals surface area contributed by atoms with Crippen LogP contribution in [0.15, 0.2) is 21.9 Å². The molecule has 20 heteroatoms. The molecule has 2 aliphatic rings. The van der Waals surface area contributed by atoms with Crippen molar-refractivity contribution in [2.75, 3.05) is 6.61 Å². The Balaban J connectivity index is 1.66. The van der Waals surface area contributed by atoms with Gasteiger partial charge >= 0.3 is 21.3 Å². The maximum atomic E-state index is 12.2. The molecule has 10 atom stereocenters. The summed E-state index contributed by atoms with van der Waals surface area (Å²) in [5.74, 6) is 0. The monoisotopic (exact) mass is 536 g/mol. The van der Waals surface area contributed by atoms with Gasteiger partial charge in [0.15, 0.2) is 18.8 Å². The van der Waals surface area contributed by atoms with Gasteiger partial charge in [-0.05, 0) is 6.42 Å². The predicted octanol–water partition coefficient (Wildman–Crippen LogP) is -3.81. The molecule has 2 saturated heterocycles. The number of H-pyrrole nitrogens is 1. The molecule has 2 fully saturated rings. The molecule has 18 nitrogen and oxygen atoms in total. The first-order chi connectivity index (χ1) is 15.7. The van der Waals surface area contributed by atoms with E-state index in [4.69, 9.17) is 14.6 Å². The second-order valence-electron chi connectivity index (χ2n) is 7.16. The van der Waals surface area contributed by atoms with E-state index in [9.17, 15) is 48.9 Å². The molecule has 0 radical (unpaired) electrons. The minimum absolute atomic E-state index is 0.172. The lowest BCUT2D eigenvalue weighted by Crippen LogP contribution is -2.37. The van der Waals surface area contributed by atoms with Crippen molar-refractivity contribution in [2.24, 2.45) is 0 Å². The average Bonchev–Trinajstić information content (AvgIpc) is 3.12. The third-order valence-corrected chi connectivity index (χ3v) is 7.33. The number of ether oxygens (including phenoxy) is 2. The highest BCUT2D eigenvalue weighted by molar-refractivity contribution is 7.61. The van der Waals surface area contributed by atoms with Crippen LogP contribution in [-0.4, -0.2) is 94.6 Å². The Labute approximate surface area is 188 Å². The number of aromatic amines is 1. The molecule has 1 aromatic heterocycles. The molecule has 0 aromatic carbocycles. The maximum absolute atomic E-state index is 12.2. The number of aromatic nitrogens is 2. The van der Waals surface area contributed by atoms with E-state index in [1.54, 1.807) is 0 Å². The zero-order chi connectivity index (χ0) is 25.4. The van der Waals surface area contributed by atoms with E-state index < -0.39 is 82.8 Å². The van der Waals surface area contributed by atoms with Crippen LogP contribution >= 0.6 is 15.6 Å². The van der Waals surface area contributed by atoms with E-state index in [0.717, 1.165) is 12.3 Å². The number of aliphatic hydroxyl groups is 5. The minimum atomic E-state index is -5.60. The van der Waals surface area contributed by atoms with Gasteiger partial charge in [-0.25, -0.2) is 13.9 Å². The fourth-order valence-electron chi connectivity index (χ4n) is 3.17. The Bertz CT molecular complexity index is 1080. The van der Waals surface area contributed by atoms with Gasteiger partial charge in [-0.2, -0.15) is 4.31 Å². The van der Waals surface area contributed by atoms with Crippen LogP contribution in [0.4, 0.5) is 0 Å². The molecule has 2 aliphatic heterocycles. The summed E-state index contributed by atoms with van der Waals surface area (Å²) >= 11 is 0. The number of phosphoric acid groups is 2. The molecule has 3 rings (SSSR count). The topological polar surface area (TPSA) is 277 Å². The molecule has 0 spiro atoms. The van der Waals surface area contributed by atoms with E-state index in [1.807, 2.05) is 4.98 Å². The van der Waals surface area contributed by atoms with Gasteiger partial charge in [0.25, 0.3) is 5.56 Å². The van der Waals surface area contributed by atoms with Gasteiger partial charge < -0.3 is 44.8 Å². The van der Waals surface area contributed by atoms with E-state index >= 15 is 0 Å². The first-order valence-electron chi connectivity index (χ1n) is 9.44. The van der Waals surface area contributed by atoms with Crippen molar-refractivity contribution in [1.29, 1.82) is 0 Å². The molecule has 0 amide bonds. The summed E-state index contributed by atoms with van der Waals surface area (Å²) in [7, 11) is -11.1. The quantitative estimate of drug-likeness (QED) is 0.140. The van der Waals surface area contributed by atoms with Crippen molar-refractivity contribution < 1.29 is 67.3 Å². The number of hydrogen-bond donors (Lipinski definition) is 8. The number of rotatable bonds is 9. The largest absolute Gasteiger partial charge is 0.483 e. The van der Waals surface area contributed by atoms with Crippen molar-refractivity contribution >= 4 is 15.6 Å². The first-order valence-corrected chi connectivity index (χ1v) is 12.4. The Kier molecular flexibility index (Phi) is 8.28. The fourth-order valence-corrected chi connectivity index (χ4v) is 5.40. The molecular formula is C14H22N2O16P2. The number of nitrogens with zero attached hydrogens (tertiary/aromatic N) is 1. The summed E-state index contributed by atoms with van der Waals surface area (Å²) in [5.41, 5.74) is -1.83. The van der Waals surface area contributed by atoms with Gasteiger partial charge in [0.1, 0.15) is 24.4 Å². The van der Waals surface area contributed by atoms with Crippen LogP contribution in [-0.2, 0) is 32.0 Å². The van der Waals surface area contributed by atoms with Crippen molar-refractivity contribution in [3.63, 3.8) is 0 Å². The Morgan fingerprint density at radius 3 is 2.06 bits per heavy atom. The van der Waals surface area contributed by atoms with Gasteiger partial charge in [0.05, 0.1) is 6.10 Å². The minimum Gasteiger partial charge on any atom is -0.396 e. The van der Waals surface area contributed by atoms with Crippen molar-refractivity contribution in [1.82, 2.24) is 9.55 Å². The van der Waals surface area contributed by atoms with Gasteiger partial charge in [-0.15, -0.1) is 0 Å². The van der Waals surface area contributed by atoms with Crippen LogP contribution in [0.2, 0.25) is 0 Å². The summed E-state index contributed by atoms with van der Waals surface area (Å²) in [5, 5.41) is 48.6. The summed E-state index contributed by atoms with van der Waals surface area (Å²) < 4.78 is 47.9. The standard InChI is InChI=1S/C14H22N2O16P2/c17-4-2-5-7(19)9(21)12(28-5)30-33(24,25)32-34(26,27)31-13-10(22)8(20)11(29-13)16-3-1-6(18)15-14(16)23/h1,3,5,7-13,17,19-22H,2,4H2,(H,24,25)(H,26,27)(H,15,18,23)/t5-,7-,8+,9+,10-,11+,12+,13+/m0/s1. The smallest absolute Gasteiger partial charge is 0.396 e. The molecule has 0 aliphatic carbocycles. The zero-order valence-corrected chi connectivity index (χ0v) is 18.6. The molecule has 3 heterocycles. The number of aliphatic hydroxyl groups excluding tert-OH is 5. The van der Waals surface area contributed by atoms with E-state index in [0.29, 0.717) is 4.57 Å². The molecule has 0 saturated carbocycles. The SMILES string of the molecule is O=c1ccn([C@@H]2O[C@H](OP(=O)(O)OP(=O)(O)O[C@H]3O[C@@H](CCO)[C@H](O)[C@H]3O)[C@@H](O)[C@H]2O)c(=O)[nH]1. The van der Waals surface area contributed by atoms with Gasteiger partial charge in [0, 0.05) is 18.9 Å². The Morgan fingerprint density at radius 1 is 0.941 bits per heavy atom. The van der Waals surface area contributed by atoms with Crippen LogP contribution in [0.5, 0.6) is 0 Å². The second-order valence-corrected chi connectivity index (χ2v) is 10.1. The zero-order valence-electron chi connectivity index (χ0n) is 16.8. The highest BCUT2D eigenvalue weighted by atomic mass is 31.3. The fraction of sp³-hybridized carbons (Fsp3) is 0.714. The Hall–Kier alpha value is -1.34. The van der Waals surface area contributed by atoms with Crippen LogP contribution in [0.3, 0.4) is 0 Å². The average molecular weight is 536 g/mol. The number of phosphoric ester groups is 2. The lowest BCUT2D eigenvalue weighted by molar-refractivity contribution is -0.138. The van der Waals surface area contributed by atoms with Crippen LogP contribution in [0, 0.1) is 0 Å². The van der Waals surface area contributed by atoms with Crippen molar-refractivity contribution in [3.8, 4) is 0 Å². The van der Waals surface area contributed by atoms with E-state index in [-0.39, 0.29) is 6.42 Å². The molecule has 2 unspecified atom stereocenters. The van der Waals surface area contributed by atoms with Gasteiger partial charge in [-0.1, -0.05) is 0 Å². The Morgan fingerprint density at radius 2 is 1.50 bits per heavy atom. The van der Waals surface area contributed by atoms with E-state index in [1.165, 1.54) is 0 Å². The molecule has 8 N–H and O–H groups in total. The second kappa shape index (κ2) is 10.3. The lowest BCUT2D eigenvalue weighted by Gasteiger charge is -2.22. The van der Waals surface area contributed by atoms with Crippen molar-refractivity contribution in [2.45, 2.75) is 55.7 Å². The molecule has 0 bridgehead atoms. The highest BCUT2D eigenvalue weighted by Gasteiger charge is 2.51. The summed E-state index contributed by atoms with van der Waals surface area (Å²) in [6, 6.07) is 0.888. The van der Waals surface area contributed by atoms with Crippen LogP contribution in [0.25, 0.3) is 0 Å². The molecular weight excluding hydrogens is 514 g/mol. The number of hydrogen-bond acceptors (Lipinski definition) is 14. The van der Waals surface area contributed by atoms with Gasteiger partial charge in [0.2, 0.25) is 0 Å². The molecule has 34 heavy (non-hydrogen) atoms. The summed E-state index contributed by atoms with van der Waals surface area (Å²) in [6.07, 6.45) is -13.8. The highest BCUT2D eigenvalue weighted by Crippen LogP contribution is 2.62. The van der Waals surface area contributed by atoms with Crippen LogP contribution < -0.4 is 11.2 Å². The normalized spacial score (nSPS) is 37.4. The van der Waals surface area contributed by atoms with Crippen molar-refractivity contribution in [3.05, 3.63) is 33.1 Å².